The van der Waals surface area contributed by atoms with Crippen molar-refractivity contribution in [1.29, 1.82) is 0 Å². The molecule has 29 heavy (non-hydrogen) atoms. The number of hydrogen-bond acceptors (Lipinski definition) is 5. The number of ether oxygens (including phenoxy) is 2. The molecular formula is C22H26N2O5. The molecule has 2 amide bonds. The minimum atomic E-state index is -0.422. The van der Waals surface area contributed by atoms with Crippen molar-refractivity contribution in [2.24, 2.45) is 5.92 Å². The fourth-order valence-electron chi connectivity index (χ4n) is 3.56. The zero-order chi connectivity index (χ0) is 21.0. The van der Waals surface area contributed by atoms with Gasteiger partial charge in [0.25, 0.3) is 0 Å². The van der Waals surface area contributed by atoms with Gasteiger partial charge >= 0.3 is 0 Å². The number of aromatic hydroxyl groups is 1. The van der Waals surface area contributed by atoms with Crippen molar-refractivity contribution in [2.75, 3.05) is 32.2 Å². The van der Waals surface area contributed by atoms with Gasteiger partial charge in [0, 0.05) is 26.6 Å². The maximum absolute atomic E-state index is 12.9. The average Bonchev–Trinajstić information content (AvgIpc) is 3.09. The van der Waals surface area contributed by atoms with Crippen molar-refractivity contribution >= 4 is 17.5 Å². The smallest absolute Gasteiger partial charge is 0.228 e. The molecule has 0 saturated carbocycles. The number of phenols is 1. The summed E-state index contributed by atoms with van der Waals surface area (Å²) in [7, 11) is 3.18. The number of hydrogen-bond donors (Lipinski definition) is 1. The van der Waals surface area contributed by atoms with Crippen LogP contribution in [0.25, 0.3) is 0 Å². The number of benzene rings is 2. The number of nitrogens with zero attached hydrogens (tertiary/aromatic N) is 2. The lowest BCUT2D eigenvalue weighted by Gasteiger charge is -2.22. The van der Waals surface area contributed by atoms with Crippen LogP contribution in [0.4, 0.5) is 5.69 Å². The Kier molecular flexibility index (Phi) is 6.26. The summed E-state index contributed by atoms with van der Waals surface area (Å²) in [5, 5.41) is 9.93. The van der Waals surface area contributed by atoms with E-state index in [4.69, 9.17) is 9.47 Å². The number of phenolic OH excluding ortho intramolecular Hbond substituents is 1. The van der Waals surface area contributed by atoms with E-state index in [2.05, 4.69) is 0 Å². The van der Waals surface area contributed by atoms with Crippen molar-refractivity contribution < 1.29 is 24.2 Å². The maximum Gasteiger partial charge on any atom is 0.228 e. The number of carbonyl (C=O) groups is 2. The van der Waals surface area contributed by atoms with Crippen LogP contribution in [0.5, 0.6) is 17.2 Å². The Morgan fingerprint density at radius 2 is 2.00 bits per heavy atom. The molecule has 0 aromatic heterocycles. The van der Waals surface area contributed by atoms with E-state index < -0.39 is 5.92 Å². The van der Waals surface area contributed by atoms with E-state index in [1.165, 1.54) is 7.11 Å². The fourth-order valence-corrected chi connectivity index (χ4v) is 3.56. The van der Waals surface area contributed by atoms with Gasteiger partial charge in [-0.2, -0.15) is 0 Å². The lowest BCUT2D eigenvalue weighted by Crippen LogP contribution is -2.34. The number of rotatable bonds is 7. The Morgan fingerprint density at radius 3 is 2.69 bits per heavy atom. The van der Waals surface area contributed by atoms with E-state index in [-0.39, 0.29) is 24.0 Å². The summed E-state index contributed by atoms with van der Waals surface area (Å²) in [5.74, 6) is 0.428. The molecule has 1 aliphatic rings. The van der Waals surface area contributed by atoms with E-state index in [9.17, 15) is 14.7 Å². The summed E-state index contributed by atoms with van der Waals surface area (Å²) < 4.78 is 10.7. The topological polar surface area (TPSA) is 79.3 Å². The van der Waals surface area contributed by atoms with E-state index in [1.807, 2.05) is 31.2 Å². The molecule has 3 rings (SSSR count). The van der Waals surface area contributed by atoms with Crippen LogP contribution >= 0.6 is 0 Å². The summed E-state index contributed by atoms with van der Waals surface area (Å²) in [4.78, 5) is 28.7. The standard InChI is InChI=1S/C22H26N2O5/c1-4-29-19-8-6-5-7-17(19)24-14-16(12-21(24)26)22(27)23(2)13-15-9-10-20(28-3)18(25)11-15/h5-11,16,25H,4,12-14H2,1-3H3. The van der Waals surface area contributed by atoms with E-state index in [1.54, 1.807) is 35.0 Å². The minimum Gasteiger partial charge on any atom is -0.504 e. The first-order valence-corrected chi connectivity index (χ1v) is 9.57. The fraction of sp³-hybridized carbons (Fsp3) is 0.364. The van der Waals surface area contributed by atoms with Gasteiger partial charge in [0.1, 0.15) is 5.75 Å². The summed E-state index contributed by atoms with van der Waals surface area (Å²) in [5.41, 5.74) is 1.47. The summed E-state index contributed by atoms with van der Waals surface area (Å²) in [6.07, 6.45) is 0.164. The molecule has 1 unspecified atom stereocenters. The summed E-state index contributed by atoms with van der Waals surface area (Å²) >= 11 is 0. The molecule has 2 aromatic carbocycles. The third kappa shape index (κ3) is 4.45. The van der Waals surface area contributed by atoms with Gasteiger partial charge in [-0.05, 0) is 36.8 Å². The monoisotopic (exact) mass is 398 g/mol. The third-order valence-electron chi connectivity index (χ3n) is 4.97. The van der Waals surface area contributed by atoms with Gasteiger partial charge in [0.05, 0.1) is 25.3 Å². The molecule has 1 aliphatic heterocycles. The average molecular weight is 398 g/mol. The third-order valence-corrected chi connectivity index (χ3v) is 4.97. The first-order valence-electron chi connectivity index (χ1n) is 9.57. The lowest BCUT2D eigenvalue weighted by molar-refractivity contribution is -0.135. The predicted octanol–water partition coefficient (Wildman–Crippen LogP) is 2.81. The summed E-state index contributed by atoms with van der Waals surface area (Å²) in [6.45, 7) is 3.04. The molecule has 0 bridgehead atoms. The molecule has 7 heteroatoms. The molecule has 0 spiro atoms. The second kappa shape index (κ2) is 8.86. The highest BCUT2D eigenvalue weighted by molar-refractivity contribution is 6.01. The van der Waals surface area contributed by atoms with Gasteiger partial charge in [-0.1, -0.05) is 18.2 Å². The van der Waals surface area contributed by atoms with Crippen LogP contribution in [0, 0.1) is 5.92 Å². The Labute approximate surface area is 170 Å². The molecule has 154 valence electrons. The number of carbonyl (C=O) groups excluding carboxylic acids is 2. The van der Waals surface area contributed by atoms with Crippen LogP contribution in [-0.2, 0) is 16.1 Å². The molecule has 1 heterocycles. The molecule has 1 fully saturated rings. The summed E-state index contributed by atoms with van der Waals surface area (Å²) in [6, 6.07) is 12.4. The zero-order valence-electron chi connectivity index (χ0n) is 16.9. The maximum atomic E-state index is 12.9. The van der Waals surface area contributed by atoms with Crippen LogP contribution in [0.15, 0.2) is 42.5 Å². The van der Waals surface area contributed by atoms with Gasteiger partial charge in [-0.25, -0.2) is 0 Å². The van der Waals surface area contributed by atoms with Crippen molar-refractivity contribution in [1.82, 2.24) is 4.90 Å². The van der Waals surface area contributed by atoms with Crippen molar-refractivity contribution in [3.63, 3.8) is 0 Å². The van der Waals surface area contributed by atoms with Gasteiger partial charge in [-0.15, -0.1) is 0 Å². The minimum absolute atomic E-state index is 0.0283. The second-order valence-corrected chi connectivity index (χ2v) is 7.01. The quantitative estimate of drug-likeness (QED) is 0.776. The van der Waals surface area contributed by atoms with Crippen LogP contribution in [-0.4, -0.2) is 49.1 Å². The molecule has 2 aromatic rings. The molecule has 1 atom stereocenters. The van der Waals surface area contributed by atoms with Crippen LogP contribution in [0.3, 0.4) is 0 Å². The van der Waals surface area contributed by atoms with Crippen molar-refractivity contribution in [3.05, 3.63) is 48.0 Å². The van der Waals surface area contributed by atoms with E-state index >= 15 is 0 Å². The number of para-hydroxylation sites is 2. The Hall–Kier alpha value is -3.22. The molecule has 0 aliphatic carbocycles. The zero-order valence-corrected chi connectivity index (χ0v) is 16.9. The first kappa shape index (κ1) is 20.5. The van der Waals surface area contributed by atoms with Gasteiger partial charge in [0.2, 0.25) is 11.8 Å². The molecule has 1 N–H and O–H groups in total. The molecule has 1 saturated heterocycles. The number of methoxy groups -OCH3 is 1. The lowest BCUT2D eigenvalue weighted by atomic mass is 10.1. The predicted molar refractivity (Wildman–Crippen MR) is 109 cm³/mol. The number of amides is 2. The first-order chi connectivity index (χ1) is 13.9. The van der Waals surface area contributed by atoms with Crippen molar-refractivity contribution in [3.8, 4) is 17.2 Å². The van der Waals surface area contributed by atoms with Gasteiger partial charge < -0.3 is 24.4 Å². The Balaban J connectivity index is 1.69. The van der Waals surface area contributed by atoms with Crippen LogP contribution < -0.4 is 14.4 Å². The largest absolute Gasteiger partial charge is 0.504 e. The van der Waals surface area contributed by atoms with Gasteiger partial charge in [-0.3, -0.25) is 9.59 Å². The Morgan fingerprint density at radius 1 is 1.24 bits per heavy atom. The highest BCUT2D eigenvalue weighted by atomic mass is 16.5. The van der Waals surface area contributed by atoms with E-state index in [0.717, 1.165) is 5.56 Å². The number of anilines is 1. The van der Waals surface area contributed by atoms with Crippen LogP contribution in [0.2, 0.25) is 0 Å². The molecular weight excluding hydrogens is 372 g/mol. The normalized spacial score (nSPS) is 16.0. The molecule has 0 radical (unpaired) electrons. The van der Waals surface area contributed by atoms with Crippen LogP contribution in [0.1, 0.15) is 18.9 Å². The highest BCUT2D eigenvalue weighted by Crippen LogP contribution is 2.34. The highest BCUT2D eigenvalue weighted by Gasteiger charge is 2.37. The van der Waals surface area contributed by atoms with Crippen molar-refractivity contribution in [2.45, 2.75) is 19.9 Å². The van der Waals surface area contributed by atoms with Gasteiger partial charge in [0.15, 0.2) is 11.5 Å². The second-order valence-electron chi connectivity index (χ2n) is 7.01. The Bertz CT molecular complexity index is 899. The molecule has 7 nitrogen and oxygen atoms in total. The SMILES string of the molecule is CCOc1ccccc1N1CC(C(=O)N(C)Cc2ccc(OC)c(O)c2)CC1=O. The van der Waals surface area contributed by atoms with E-state index in [0.29, 0.717) is 36.9 Å².